The second-order valence-electron chi connectivity index (χ2n) is 4.89. The molecule has 0 aliphatic carbocycles. The summed E-state index contributed by atoms with van der Waals surface area (Å²) in [5.74, 6) is 0.946. The zero-order valence-electron chi connectivity index (χ0n) is 11.9. The van der Waals surface area contributed by atoms with Gasteiger partial charge in [-0.2, -0.15) is 5.10 Å². The van der Waals surface area contributed by atoms with Gasteiger partial charge in [-0.05, 0) is 26.3 Å². The minimum absolute atomic E-state index is 0.138. The van der Waals surface area contributed by atoms with Gasteiger partial charge in [-0.15, -0.1) is 0 Å². The van der Waals surface area contributed by atoms with E-state index >= 15 is 0 Å². The topological polar surface area (TPSA) is 85.0 Å². The van der Waals surface area contributed by atoms with E-state index in [-0.39, 0.29) is 18.5 Å². The van der Waals surface area contributed by atoms with E-state index in [4.69, 9.17) is 4.52 Å². The van der Waals surface area contributed by atoms with Crippen LogP contribution in [0.15, 0.2) is 23.0 Å². The van der Waals surface area contributed by atoms with Crippen LogP contribution >= 0.6 is 0 Å². The van der Waals surface area contributed by atoms with Crippen molar-refractivity contribution in [3.63, 3.8) is 0 Å². The number of aryl methyl sites for hydroxylation is 2. The van der Waals surface area contributed by atoms with Gasteiger partial charge >= 0.3 is 0 Å². The number of anilines is 1. The molecule has 0 radical (unpaired) electrons. The Balaban J connectivity index is 1.72. The fourth-order valence-corrected chi connectivity index (χ4v) is 1.79. The molecule has 20 heavy (non-hydrogen) atoms. The van der Waals surface area contributed by atoms with Gasteiger partial charge in [0.05, 0.1) is 19.3 Å². The lowest BCUT2D eigenvalue weighted by Gasteiger charge is -2.13. The molecule has 0 bridgehead atoms. The van der Waals surface area contributed by atoms with Crippen molar-refractivity contribution in [2.75, 3.05) is 11.9 Å². The molecule has 2 rings (SSSR count). The predicted octanol–water partition coefficient (Wildman–Crippen LogP) is 1.10. The summed E-state index contributed by atoms with van der Waals surface area (Å²) in [6.07, 6.45) is 3.78. The molecule has 2 heterocycles. The number of hydrogen-bond donors (Lipinski definition) is 2. The minimum Gasteiger partial charge on any atom is -0.360 e. The van der Waals surface area contributed by atoms with Gasteiger partial charge in [0, 0.05) is 18.3 Å². The first-order chi connectivity index (χ1) is 9.52. The molecule has 2 aromatic heterocycles. The monoisotopic (exact) mass is 277 g/mol. The summed E-state index contributed by atoms with van der Waals surface area (Å²) in [6.45, 7) is 6.70. The summed E-state index contributed by atoms with van der Waals surface area (Å²) >= 11 is 0. The number of nitrogens with zero attached hydrogens (tertiary/aromatic N) is 3. The van der Waals surface area contributed by atoms with E-state index < -0.39 is 0 Å². The highest BCUT2D eigenvalue weighted by atomic mass is 16.5. The van der Waals surface area contributed by atoms with Crippen molar-refractivity contribution in [1.29, 1.82) is 0 Å². The Bertz CT molecular complexity index is 575. The van der Waals surface area contributed by atoms with Crippen LogP contribution in [-0.4, -0.2) is 33.4 Å². The normalized spacial score (nSPS) is 12.3. The molecule has 1 amide bonds. The van der Waals surface area contributed by atoms with Gasteiger partial charge in [0.25, 0.3) is 0 Å². The molecule has 0 saturated heterocycles. The Morgan fingerprint density at radius 3 is 2.90 bits per heavy atom. The molecule has 2 aromatic rings. The minimum atomic E-state index is -0.151. The molecule has 0 fully saturated rings. The van der Waals surface area contributed by atoms with Crippen LogP contribution in [0.1, 0.15) is 18.2 Å². The molecule has 0 aliphatic rings. The van der Waals surface area contributed by atoms with Crippen LogP contribution in [0.25, 0.3) is 0 Å². The van der Waals surface area contributed by atoms with Crippen molar-refractivity contribution in [2.24, 2.45) is 0 Å². The average molecular weight is 277 g/mol. The fourth-order valence-electron chi connectivity index (χ4n) is 1.79. The van der Waals surface area contributed by atoms with Crippen LogP contribution in [0.3, 0.4) is 0 Å². The zero-order valence-corrected chi connectivity index (χ0v) is 11.9. The van der Waals surface area contributed by atoms with E-state index in [1.807, 2.05) is 30.9 Å². The molecule has 7 heteroatoms. The molecular weight excluding hydrogens is 258 g/mol. The van der Waals surface area contributed by atoms with Crippen molar-refractivity contribution < 1.29 is 9.32 Å². The van der Waals surface area contributed by atoms with Crippen molar-refractivity contribution in [2.45, 2.75) is 33.4 Å². The third-order valence-electron chi connectivity index (χ3n) is 2.73. The van der Waals surface area contributed by atoms with Gasteiger partial charge in [-0.1, -0.05) is 5.16 Å². The quantitative estimate of drug-likeness (QED) is 0.826. The van der Waals surface area contributed by atoms with E-state index in [1.54, 1.807) is 13.0 Å². The standard InChI is InChI=1S/C13H19N5O2/c1-9-5-15-18(7-9)8-10(2)14-6-13(19)16-12-4-11(3)20-17-12/h4-5,7,10,14H,6,8H2,1-3H3,(H,16,17,19)/t10-/m1/s1. The van der Waals surface area contributed by atoms with E-state index in [0.29, 0.717) is 18.1 Å². The van der Waals surface area contributed by atoms with E-state index in [0.717, 1.165) is 5.56 Å². The first-order valence-corrected chi connectivity index (χ1v) is 6.48. The van der Waals surface area contributed by atoms with Gasteiger partial charge in [0.15, 0.2) is 5.82 Å². The van der Waals surface area contributed by atoms with Crippen LogP contribution in [0.4, 0.5) is 5.82 Å². The van der Waals surface area contributed by atoms with Gasteiger partial charge < -0.3 is 15.2 Å². The summed E-state index contributed by atoms with van der Waals surface area (Å²) in [6, 6.07) is 1.81. The van der Waals surface area contributed by atoms with Crippen LogP contribution in [0, 0.1) is 13.8 Å². The van der Waals surface area contributed by atoms with Crippen molar-refractivity contribution in [1.82, 2.24) is 20.3 Å². The summed E-state index contributed by atoms with van der Waals surface area (Å²) < 4.78 is 6.73. The Morgan fingerprint density at radius 2 is 2.30 bits per heavy atom. The van der Waals surface area contributed by atoms with Crippen molar-refractivity contribution in [3.05, 3.63) is 29.8 Å². The lowest BCUT2D eigenvalue weighted by Crippen LogP contribution is -2.37. The van der Waals surface area contributed by atoms with Crippen LogP contribution in [0.2, 0.25) is 0 Å². The van der Waals surface area contributed by atoms with E-state index in [2.05, 4.69) is 20.9 Å². The van der Waals surface area contributed by atoms with Crippen LogP contribution in [0.5, 0.6) is 0 Å². The predicted molar refractivity (Wildman–Crippen MR) is 74.3 cm³/mol. The SMILES string of the molecule is Cc1cnn(C[C@@H](C)NCC(=O)Nc2cc(C)on2)c1. The smallest absolute Gasteiger partial charge is 0.239 e. The van der Waals surface area contributed by atoms with Crippen LogP contribution < -0.4 is 10.6 Å². The first kappa shape index (κ1) is 14.3. The van der Waals surface area contributed by atoms with Gasteiger partial charge in [0.1, 0.15) is 5.76 Å². The maximum absolute atomic E-state index is 11.7. The van der Waals surface area contributed by atoms with E-state index in [1.165, 1.54) is 0 Å². The Labute approximate surface area is 117 Å². The first-order valence-electron chi connectivity index (χ1n) is 6.48. The number of nitrogens with one attached hydrogen (secondary N) is 2. The maximum atomic E-state index is 11.7. The Hall–Kier alpha value is -2.15. The average Bonchev–Trinajstić information content (AvgIpc) is 2.96. The maximum Gasteiger partial charge on any atom is 0.239 e. The molecule has 0 spiro atoms. The Kier molecular flexibility index (Phi) is 4.52. The highest BCUT2D eigenvalue weighted by Crippen LogP contribution is 2.06. The van der Waals surface area contributed by atoms with Gasteiger partial charge in [0.2, 0.25) is 5.91 Å². The van der Waals surface area contributed by atoms with Crippen molar-refractivity contribution in [3.8, 4) is 0 Å². The van der Waals surface area contributed by atoms with Crippen LogP contribution in [-0.2, 0) is 11.3 Å². The molecule has 7 nitrogen and oxygen atoms in total. The number of aromatic nitrogens is 3. The second kappa shape index (κ2) is 6.33. The zero-order chi connectivity index (χ0) is 14.5. The highest BCUT2D eigenvalue weighted by molar-refractivity contribution is 5.91. The molecule has 2 N–H and O–H groups in total. The third kappa shape index (κ3) is 4.20. The number of amides is 1. The number of rotatable bonds is 6. The van der Waals surface area contributed by atoms with Gasteiger partial charge in [-0.3, -0.25) is 9.48 Å². The molecule has 0 saturated carbocycles. The van der Waals surface area contributed by atoms with Gasteiger partial charge in [-0.25, -0.2) is 0 Å². The molecule has 0 aromatic carbocycles. The summed E-state index contributed by atoms with van der Waals surface area (Å²) in [7, 11) is 0. The number of carbonyl (C=O) groups is 1. The molecule has 0 unspecified atom stereocenters. The summed E-state index contributed by atoms with van der Waals surface area (Å²) in [4.78, 5) is 11.7. The largest absolute Gasteiger partial charge is 0.360 e. The summed E-state index contributed by atoms with van der Waals surface area (Å²) in [5.41, 5.74) is 1.12. The highest BCUT2D eigenvalue weighted by Gasteiger charge is 2.09. The van der Waals surface area contributed by atoms with E-state index in [9.17, 15) is 4.79 Å². The number of hydrogen-bond acceptors (Lipinski definition) is 5. The summed E-state index contributed by atoms with van der Waals surface area (Å²) in [5, 5.41) is 13.7. The molecule has 1 atom stereocenters. The molecule has 108 valence electrons. The molecular formula is C13H19N5O2. The van der Waals surface area contributed by atoms with Crippen molar-refractivity contribution >= 4 is 11.7 Å². The lowest BCUT2D eigenvalue weighted by atomic mass is 10.3. The third-order valence-corrected chi connectivity index (χ3v) is 2.73. The fraction of sp³-hybridized carbons (Fsp3) is 0.462. The Morgan fingerprint density at radius 1 is 1.50 bits per heavy atom. The molecule has 0 aliphatic heterocycles. The lowest BCUT2D eigenvalue weighted by molar-refractivity contribution is -0.115. The number of carbonyl (C=O) groups excluding carboxylic acids is 1. The second-order valence-corrected chi connectivity index (χ2v) is 4.89.